The summed E-state index contributed by atoms with van der Waals surface area (Å²) in [4.78, 5) is 27.1. The molecule has 0 atom stereocenters. The Labute approximate surface area is 179 Å². The van der Waals surface area contributed by atoms with Gasteiger partial charge in [0.25, 0.3) is 5.91 Å². The molecule has 7 nitrogen and oxygen atoms in total. The fourth-order valence-electron chi connectivity index (χ4n) is 3.68. The Bertz CT molecular complexity index is 1070. The Morgan fingerprint density at radius 3 is 2.55 bits per heavy atom. The number of piperidine rings is 1. The lowest BCUT2D eigenvalue weighted by atomic mass is 9.95. The molecule has 8 heteroatoms. The zero-order chi connectivity index (χ0) is 21.8. The Kier molecular flexibility index (Phi) is 5.97. The Morgan fingerprint density at radius 2 is 1.87 bits per heavy atom. The van der Waals surface area contributed by atoms with Gasteiger partial charge in [0.15, 0.2) is 5.82 Å². The molecule has 3 aromatic rings. The number of aromatic amines is 1. The van der Waals surface area contributed by atoms with Crippen LogP contribution in [0.3, 0.4) is 0 Å². The predicted molar refractivity (Wildman–Crippen MR) is 114 cm³/mol. The molecule has 0 aliphatic carbocycles. The highest BCUT2D eigenvalue weighted by molar-refractivity contribution is 5.95. The van der Waals surface area contributed by atoms with Crippen molar-refractivity contribution in [3.05, 3.63) is 66.0 Å². The number of amides is 2. The molecule has 1 aliphatic heterocycles. The number of carbonyl (C=O) groups excluding carboxylic acids is 2. The molecule has 0 radical (unpaired) electrons. The number of H-pyrrole nitrogens is 1. The third-order valence-electron chi connectivity index (χ3n) is 5.45. The van der Waals surface area contributed by atoms with Crippen molar-refractivity contribution in [3.8, 4) is 17.0 Å². The first-order valence-electron chi connectivity index (χ1n) is 10.1. The molecule has 1 aliphatic rings. The van der Waals surface area contributed by atoms with Gasteiger partial charge in [0.2, 0.25) is 5.91 Å². The molecular weight excluding hydrogens is 399 g/mol. The normalized spacial score (nSPS) is 14.3. The van der Waals surface area contributed by atoms with Gasteiger partial charge >= 0.3 is 0 Å². The number of hydrogen-bond donors (Lipinski definition) is 2. The van der Waals surface area contributed by atoms with E-state index in [1.807, 2.05) is 0 Å². The van der Waals surface area contributed by atoms with Gasteiger partial charge in [-0.2, -0.15) is 5.10 Å². The lowest BCUT2D eigenvalue weighted by Crippen LogP contribution is -2.41. The quantitative estimate of drug-likeness (QED) is 0.656. The standard InChI is InChI=1S/C23H23FN4O3/c1-31-19-7-5-16(6-8-19)23(30)28-11-9-15(10-12-28)22(29)25-21-14-20(26-27-21)17-3-2-4-18(24)13-17/h2-8,13-15H,9-12H2,1H3,(H2,25,26,27,29). The fraction of sp³-hybridized carbons (Fsp3) is 0.261. The van der Waals surface area contributed by atoms with E-state index >= 15 is 0 Å². The van der Waals surface area contributed by atoms with Gasteiger partial charge in [-0.05, 0) is 49.2 Å². The van der Waals surface area contributed by atoms with Crippen LogP contribution in [0.5, 0.6) is 5.75 Å². The number of carbonyl (C=O) groups is 2. The number of aromatic nitrogens is 2. The molecule has 160 valence electrons. The minimum Gasteiger partial charge on any atom is -0.497 e. The van der Waals surface area contributed by atoms with Crippen molar-refractivity contribution in [2.24, 2.45) is 5.92 Å². The number of methoxy groups -OCH3 is 1. The molecule has 1 fully saturated rings. The van der Waals surface area contributed by atoms with E-state index in [4.69, 9.17) is 4.74 Å². The molecule has 31 heavy (non-hydrogen) atoms. The number of benzene rings is 2. The third kappa shape index (κ3) is 4.74. The number of halogens is 1. The summed E-state index contributed by atoms with van der Waals surface area (Å²) in [5, 5.41) is 9.72. The highest BCUT2D eigenvalue weighted by Gasteiger charge is 2.28. The zero-order valence-electron chi connectivity index (χ0n) is 17.1. The van der Waals surface area contributed by atoms with Gasteiger partial charge in [-0.25, -0.2) is 4.39 Å². The average molecular weight is 422 g/mol. The lowest BCUT2D eigenvalue weighted by Gasteiger charge is -2.31. The van der Waals surface area contributed by atoms with Crippen LogP contribution in [0, 0.1) is 11.7 Å². The van der Waals surface area contributed by atoms with Crippen molar-refractivity contribution in [2.75, 3.05) is 25.5 Å². The van der Waals surface area contributed by atoms with E-state index in [1.54, 1.807) is 54.5 Å². The Morgan fingerprint density at radius 1 is 1.13 bits per heavy atom. The summed E-state index contributed by atoms with van der Waals surface area (Å²) in [6, 6.07) is 14.8. The summed E-state index contributed by atoms with van der Waals surface area (Å²) in [7, 11) is 1.58. The summed E-state index contributed by atoms with van der Waals surface area (Å²) in [6.45, 7) is 1.02. The highest BCUT2D eigenvalue weighted by atomic mass is 19.1. The summed E-state index contributed by atoms with van der Waals surface area (Å²) in [5.74, 6) is 0.372. The van der Waals surface area contributed by atoms with E-state index < -0.39 is 0 Å². The monoisotopic (exact) mass is 422 g/mol. The van der Waals surface area contributed by atoms with Crippen LogP contribution >= 0.6 is 0 Å². The van der Waals surface area contributed by atoms with E-state index in [2.05, 4.69) is 15.5 Å². The van der Waals surface area contributed by atoms with Crippen LogP contribution in [-0.4, -0.2) is 47.1 Å². The maximum absolute atomic E-state index is 13.4. The zero-order valence-corrected chi connectivity index (χ0v) is 17.1. The van der Waals surface area contributed by atoms with Gasteiger partial charge in [-0.1, -0.05) is 12.1 Å². The minimum absolute atomic E-state index is 0.0476. The maximum Gasteiger partial charge on any atom is 0.253 e. The average Bonchev–Trinajstić information content (AvgIpc) is 3.27. The molecule has 2 heterocycles. The van der Waals surface area contributed by atoms with E-state index in [0.717, 1.165) is 0 Å². The largest absolute Gasteiger partial charge is 0.497 e. The lowest BCUT2D eigenvalue weighted by molar-refractivity contribution is -0.121. The first-order valence-corrected chi connectivity index (χ1v) is 10.1. The van der Waals surface area contributed by atoms with Crippen molar-refractivity contribution in [1.82, 2.24) is 15.1 Å². The predicted octanol–water partition coefficient (Wildman–Crippen LogP) is 3.72. The third-order valence-corrected chi connectivity index (χ3v) is 5.45. The van der Waals surface area contributed by atoms with Crippen LogP contribution in [-0.2, 0) is 4.79 Å². The van der Waals surface area contributed by atoms with E-state index in [0.29, 0.717) is 54.3 Å². The molecule has 1 saturated heterocycles. The van der Waals surface area contributed by atoms with Crippen LogP contribution in [0.15, 0.2) is 54.6 Å². The molecule has 2 aromatic carbocycles. The van der Waals surface area contributed by atoms with Crippen molar-refractivity contribution >= 4 is 17.6 Å². The number of hydrogen-bond acceptors (Lipinski definition) is 4. The summed E-state index contributed by atoms with van der Waals surface area (Å²) in [5.41, 5.74) is 1.87. The van der Waals surface area contributed by atoms with Gasteiger partial charge in [0, 0.05) is 36.2 Å². The van der Waals surface area contributed by atoms with Gasteiger partial charge in [0.1, 0.15) is 11.6 Å². The first-order chi connectivity index (χ1) is 15.0. The second kappa shape index (κ2) is 8.99. The molecule has 2 N–H and O–H groups in total. The summed E-state index contributed by atoms with van der Waals surface area (Å²) in [6.07, 6.45) is 1.16. The molecule has 0 unspecified atom stereocenters. The molecule has 0 spiro atoms. The molecule has 4 rings (SSSR count). The number of nitrogens with one attached hydrogen (secondary N) is 2. The van der Waals surface area contributed by atoms with E-state index in [1.165, 1.54) is 12.1 Å². The molecule has 0 bridgehead atoms. The number of nitrogens with zero attached hydrogens (tertiary/aromatic N) is 2. The maximum atomic E-state index is 13.4. The Hall–Kier alpha value is -3.68. The van der Waals surface area contributed by atoms with Gasteiger partial charge in [0.05, 0.1) is 12.8 Å². The topological polar surface area (TPSA) is 87.3 Å². The number of rotatable bonds is 5. The number of ether oxygens (including phenoxy) is 1. The highest BCUT2D eigenvalue weighted by Crippen LogP contribution is 2.24. The minimum atomic E-state index is -0.339. The summed E-state index contributed by atoms with van der Waals surface area (Å²) >= 11 is 0. The summed E-state index contributed by atoms with van der Waals surface area (Å²) < 4.78 is 18.5. The second-order valence-corrected chi connectivity index (χ2v) is 7.46. The van der Waals surface area contributed by atoms with Crippen molar-refractivity contribution in [1.29, 1.82) is 0 Å². The van der Waals surface area contributed by atoms with E-state index in [-0.39, 0.29) is 23.5 Å². The van der Waals surface area contributed by atoms with Crippen LogP contribution in [0.25, 0.3) is 11.3 Å². The fourth-order valence-corrected chi connectivity index (χ4v) is 3.68. The van der Waals surface area contributed by atoms with Crippen LogP contribution in [0.2, 0.25) is 0 Å². The van der Waals surface area contributed by atoms with Crippen LogP contribution in [0.4, 0.5) is 10.2 Å². The van der Waals surface area contributed by atoms with Gasteiger partial charge in [-0.3, -0.25) is 14.7 Å². The number of likely N-dealkylation sites (tertiary alicyclic amines) is 1. The Balaban J connectivity index is 1.32. The van der Waals surface area contributed by atoms with Crippen LogP contribution < -0.4 is 10.1 Å². The number of anilines is 1. The van der Waals surface area contributed by atoms with Crippen molar-refractivity contribution in [2.45, 2.75) is 12.8 Å². The van der Waals surface area contributed by atoms with E-state index in [9.17, 15) is 14.0 Å². The van der Waals surface area contributed by atoms with Gasteiger partial charge < -0.3 is 15.0 Å². The molecular formula is C23H23FN4O3. The van der Waals surface area contributed by atoms with Gasteiger partial charge in [-0.15, -0.1) is 0 Å². The second-order valence-electron chi connectivity index (χ2n) is 7.46. The van der Waals surface area contributed by atoms with Crippen LogP contribution in [0.1, 0.15) is 23.2 Å². The van der Waals surface area contributed by atoms with Crippen molar-refractivity contribution < 1.29 is 18.7 Å². The molecule has 2 amide bonds. The first kappa shape index (κ1) is 20.6. The molecule has 0 saturated carbocycles. The smallest absolute Gasteiger partial charge is 0.253 e. The van der Waals surface area contributed by atoms with Crippen molar-refractivity contribution in [3.63, 3.8) is 0 Å². The SMILES string of the molecule is COc1ccc(C(=O)N2CCC(C(=O)Nc3cc(-c4cccc(F)c4)[nH]n3)CC2)cc1. The molecule has 1 aromatic heterocycles.